The molecule has 1 aliphatic rings. The van der Waals surface area contributed by atoms with E-state index in [2.05, 4.69) is 6.92 Å². The maximum atomic E-state index is 12.6. The molecule has 0 aromatic carbocycles. The van der Waals surface area contributed by atoms with Gasteiger partial charge < -0.3 is 18.9 Å². The molecule has 0 spiro atoms. The highest BCUT2D eigenvalue weighted by Crippen LogP contribution is 2.58. The molecule has 6 heteroatoms. The Morgan fingerprint density at radius 1 is 1.30 bits per heavy atom. The predicted molar refractivity (Wildman–Crippen MR) is 78.2 cm³/mol. The Labute approximate surface area is 121 Å². The van der Waals surface area contributed by atoms with Crippen molar-refractivity contribution in [2.45, 2.75) is 53.2 Å². The predicted octanol–water partition coefficient (Wildman–Crippen LogP) is 3.89. The minimum absolute atomic E-state index is 0.0235. The van der Waals surface area contributed by atoms with Gasteiger partial charge in [-0.3, -0.25) is 4.57 Å². The maximum absolute atomic E-state index is 12.6. The van der Waals surface area contributed by atoms with Crippen LogP contribution in [0.3, 0.4) is 0 Å². The van der Waals surface area contributed by atoms with Crippen molar-refractivity contribution >= 4 is 7.60 Å². The molecule has 0 radical (unpaired) electrons. The number of allylic oxidation sites excluding steroid dienone is 1. The topological polar surface area (TPSA) is 65.0 Å². The van der Waals surface area contributed by atoms with Crippen LogP contribution in [0.5, 0.6) is 0 Å². The van der Waals surface area contributed by atoms with Crippen molar-refractivity contribution in [1.82, 2.24) is 0 Å². The van der Waals surface area contributed by atoms with Crippen molar-refractivity contribution < 1.29 is 23.5 Å². The van der Waals surface area contributed by atoms with Gasteiger partial charge in [-0.1, -0.05) is 26.7 Å². The van der Waals surface area contributed by atoms with Crippen LogP contribution in [0.1, 0.15) is 47.0 Å². The Balaban J connectivity index is 2.89. The van der Waals surface area contributed by atoms with Gasteiger partial charge in [-0.2, -0.15) is 0 Å². The minimum atomic E-state index is -3.44. The summed E-state index contributed by atoms with van der Waals surface area (Å²) in [6, 6.07) is 0. The van der Waals surface area contributed by atoms with Crippen molar-refractivity contribution in [2.24, 2.45) is 11.8 Å². The average Bonchev–Trinajstić information content (AvgIpc) is 2.38. The second-order valence-corrected chi connectivity index (χ2v) is 6.96. The lowest BCUT2D eigenvalue weighted by Crippen LogP contribution is -2.32. The number of unbranched alkanes of at least 4 members (excludes halogenated alkanes) is 1. The molecule has 0 aromatic heterocycles. The zero-order valence-electron chi connectivity index (χ0n) is 12.9. The number of rotatable bonds is 8. The van der Waals surface area contributed by atoms with Gasteiger partial charge in [0, 0.05) is 5.92 Å². The van der Waals surface area contributed by atoms with Crippen molar-refractivity contribution in [1.29, 1.82) is 0 Å². The molecule has 5 nitrogen and oxygen atoms in total. The van der Waals surface area contributed by atoms with E-state index in [-0.39, 0.29) is 30.5 Å². The van der Waals surface area contributed by atoms with Crippen molar-refractivity contribution in [3.8, 4) is 0 Å². The van der Waals surface area contributed by atoms with E-state index in [1.165, 1.54) is 0 Å². The highest BCUT2D eigenvalue weighted by molar-refractivity contribution is 7.58. The summed E-state index contributed by atoms with van der Waals surface area (Å²) in [6.45, 7) is 8.13. The molecule has 1 heterocycles. The van der Waals surface area contributed by atoms with Crippen LogP contribution in [0.25, 0.3) is 0 Å². The third-order valence-corrected chi connectivity index (χ3v) is 5.44. The number of aliphatic hydroxyl groups is 1. The molecule has 1 rings (SSSR count). The molecule has 0 amide bonds. The smallest absolute Gasteiger partial charge is 0.395 e. The van der Waals surface area contributed by atoms with Gasteiger partial charge in [0.2, 0.25) is 11.8 Å². The Morgan fingerprint density at radius 2 is 1.90 bits per heavy atom. The highest BCUT2D eigenvalue weighted by Gasteiger charge is 2.40. The first kappa shape index (κ1) is 17.7. The van der Waals surface area contributed by atoms with Gasteiger partial charge >= 0.3 is 7.60 Å². The number of hydrogen-bond acceptors (Lipinski definition) is 5. The Bertz CT molecular complexity index is 359. The molecule has 0 aromatic rings. The molecule has 0 aliphatic carbocycles. The van der Waals surface area contributed by atoms with Gasteiger partial charge in [0.1, 0.15) is 0 Å². The summed E-state index contributed by atoms with van der Waals surface area (Å²) < 4.78 is 28.6. The summed E-state index contributed by atoms with van der Waals surface area (Å²) >= 11 is 0. The standard InChI is InChI=1S/C14H27O5P/c1-5-8-9-12-11(4)10-13(19-14(12)15)20(16,17-6-2)18-7-3/h10-12,14-15H,5-9H2,1-4H3/t11-,12+,14?/m0/s1. The van der Waals surface area contributed by atoms with Crippen LogP contribution in [-0.4, -0.2) is 24.6 Å². The first-order valence-corrected chi connectivity index (χ1v) is 8.98. The van der Waals surface area contributed by atoms with E-state index in [0.29, 0.717) is 0 Å². The first-order chi connectivity index (χ1) is 9.48. The van der Waals surface area contributed by atoms with Crippen molar-refractivity contribution in [2.75, 3.05) is 13.2 Å². The van der Waals surface area contributed by atoms with Gasteiger partial charge in [0.05, 0.1) is 13.2 Å². The molecular weight excluding hydrogens is 279 g/mol. The molecule has 1 N–H and O–H groups in total. The van der Waals surface area contributed by atoms with E-state index < -0.39 is 13.9 Å². The van der Waals surface area contributed by atoms with E-state index in [4.69, 9.17) is 13.8 Å². The third kappa shape index (κ3) is 4.32. The lowest BCUT2D eigenvalue weighted by atomic mass is 9.87. The minimum Gasteiger partial charge on any atom is -0.457 e. The average molecular weight is 306 g/mol. The maximum Gasteiger partial charge on any atom is 0.395 e. The van der Waals surface area contributed by atoms with Crippen molar-refractivity contribution in [3.05, 3.63) is 11.6 Å². The van der Waals surface area contributed by atoms with E-state index in [1.54, 1.807) is 19.9 Å². The zero-order valence-corrected chi connectivity index (χ0v) is 13.8. The Kier molecular flexibility index (Phi) is 7.24. The van der Waals surface area contributed by atoms with Gasteiger partial charge in [0.25, 0.3) is 0 Å². The van der Waals surface area contributed by atoms with Crippen LogP contribution in [0.4, 0.5) is 0 Å². The summed E-state index contributed by atoms with van der Waals surface area (Å²) in [5, 5.41) is 10.1. The number of aliphatic hydroxyl groups excluding tert-OH is 1. The monoisotopic (exact) mass is 306 g/mol. The molecule has 0 saturated heterocycles. The SMILES string of the molecule is CCCC[C@H]1C(O)OC(P(=O)(OCC)OCC)=C[C@@H]1C. The number of ether oxygens (including phenoxy) is 1. The van der Waals surface area contributed by atoms with Gasteiger partial charge in [0.15, 0.2) is 0 Å². The molecule has 3 atom stereocenters. The Morgan fingerprint density at radius 3 is 2.35 bits per heavy atom. The van der Waals surface area contributed by atoms with Crippen LogP contribution >= 0.6 is 7.60 Å². The van der Waals surface area contributed by atoms with Crippen LogP contribution in [-0.2, 0) is 18.3 Å². The second-order valence-electron chi connectivity index (χ2n) is 5.01. The van der Waals surface area contributed by atoms with Gasteiger partial charge in [-0.15, -0.1) is 0 Å². The third-order valence-electron chi connectivity index (χ3n) is 3.45. The van der Waals surface area contributed by atoms with Gasteiger partial charge in [-0.05, 0) is 32.3 Å². The lowest BCUT2D eigenvalue weighted by molar-refractivity contribution is -0.122. The Hall–Kier alpha value is -0.350. The van der Waals surface area contributed by atoms with Crippen LogP contribution in [0, 0.1) is 11.8 Å². The summed E-state index contributed by atoms with van der Waals surface area (Å²) in [6.07, 6.45) is 3.82. The zero-order chi connectivity index (χ0) is 15.2. The first-order valence-electron chi connectivity index (χ1n) is 7.44. The largest absolute Gasteiger partial charge is 0.457 e. The fourth-order valence-electron chi connectivity index (χ4n) is 2.36. The lowest BCUT2D eigenvalue weighted by Gasteiger charge is -2.34. The fourth-order valence-corrected chi connectivity index (χ4v) is 4.03. The van der Waals surface area contributed by atoms with Crippen LogP contribution in [0.15, 0.2) is 11.6 Å². The molecule has 1 unspecified atom stereocenters. The fraction of sp³-hybridized carbons (Fsp3) is 0.857. The molecule has 118 valence electrons. The van der Waals surface area contributed by atoms with Crippen molar-refractivity contribution in [3.63, 3.8) is 0 Å². The number of hydrogen-bond donors (Lipinski definition) is 1. The van der Waals surface area contributed by atoms with E-state index in [9.17, 15) is 9.67 Å². The van der Waals surface area contributed by atoms with Crippen LogP contribution < -0.4 is 0 Å². The molecule has 20 heavy (non-hydrogen) atoms. The molecule has 0 fully saturated rings. The summed E-state index contributed by atoms with van der Waals surface area (Å²) in [5.41, 5.74) is 0.147. The highest BCUT2D eigenvalue weighted by atomic mass is 31.2. The van der Waals surface area contributed by atoms with E-state index in [0.717, 1.165) is 19.3 Å². The van der Waals surface area contributed by atoms with Crippen LogP contribution in [0.2, 0.25) is 0 Å². The second kappa shape index (κ2) is 8.18. The molecule has 1 aliphatic heterocycles. The molecule has 0 saturated carbocycles. The summed E-state index contributed by atoms with van der Waals surface area (Å²) in [4.78, 5) is 0. The summed E-state index contributed by atoms with van der Waals surface area (Å²) in [5.74, 6) is 0.102. The molecular formula is C14H27O5P. The normalized spacial score (nSPS) is 27.1. The van der Waals surface area contributed by atoms with E-state index in [1.807, 2.05) is 6.92 Å². The van der Waals surface area contributed by atoms with Gasteiger partial charge in [-0.25, -0.2) is 0 Å². The summed E-state index contributed by atoms with van der Waals surface area (Å²) in [7, 11) is -3.44. The molecule has 0 bridgehead atoms. The quantitative estimate of drug-likeness (QED) is 0.689. The van der Waals surface area contributed by atoms with E-state index >= 15 is 0 Å².